The first kappa shape index (κ1) is 14.0. The lowest BCUT2D eigenvalue weighted by atomic mass is 10.2. The molecule has 0 fully saturated rings. The number of hydrogen-bond acceptors (Lipinski definition) is 5. The van der Waals surface area contributed by atoms with Crippen molar-refractivity contribution in [1.29, 1.82) is 0 Å². The summed E-state index contributed by atoms with van der Waals surface area (Å²) in [5, 5.41) is 30.3. The lowest BCUT2D eigenvalue weighted by Crippen LogP contribution is -2.38. The summed E-state index contributed by atoms with van der Waals surface area (Å²) in [6.07, 6.45) is 0. The van der Waals surface area contributed by atoms with Gasteiger partial charge in [-0.2, -0.15) is 4.73 Å². The summed E-state index contributed by atoms with van der Waals surface area (Å²) >= 11 is 0. The summed E-state index contributed by atoms with van der Waals surface area (Å²) in [7, 11) is 0. The summed E-state index contributed by atoms with van der Waals surface area (Å²) < 4.78 is 0.956. The van der Waals surface area contributed by atoms with E-state index >= 15 is 0 Å². The van der Waals surface area contributed by atoms with Gasteiger partial charge in [-0.15, -0.1) is 0 Å². The largest absolute Gasteiger partial charge is 0.428 e. The quantitative estimate of drug-likeness (QED) is 0.423. The number of rotatable bonds is 4. The van der Waals surface area contributed by atoms with Gasteiger partial charge in [-0.1, -0.05) is 12.1 Å². The molecule has 1 heterocycles. The van der Waals surface area contributed by atoms with Crippen molar-refractivity contribution >= 4 is 16.9 Å². The van der Waals surface area contributed by atoms with Gasteiger partial charge in [0, 0.05) is 17.5 Å². The normalized spacial score (nSPS) is 10.7. The van der Waals surface area contributed by atoms with Crippen LogP contribution in [0.25, 0.3) is 11.0 Å². The molecule has 0 aliphatic rings. The second-order valence-corrected chi connectivity index (χ2v) is 4.03. The van der Waals surface area contributed by atoms with Gasteiger partial charge < -0.3 is 20.7 Å². The molecular formula is C12H14N3O5+. The highest BCUT2D eigenvalue weighted by atomic mass is 16.5. The fourth-order valence-corrected chi connectivity index (χ4v) is 1.92. The molecule has 0 saturated heterocycles. The monoisotopic (exact) mass is 280 g/mol. The second kappa shape index (κ2) is 5.68. The van der Waals surface area contributed by atoms with E-state index in [1.165, 1.54) is 12.1 Å². The molecule has 0 radical (unpaired) electrons. The zero-order valence-corrected chi connectivity index (χ0v) is 10.5. The third kappa shape index (κ3) is 2.22. The van der Waals surface area contributed by atoms with E-state index in [4.69, 9.17) is 5.11 Å². The van der Waals surface area contributed by atoms with Crippen molar-refractivity contribution in [3.05, 3.63) is 40.6 Å². The van der Waals surface area contributed by atoms with Crippen LogP contribution in [0.5, 0.6) is 0 Å². The highest BCUT2D eigenvalue weighted by Gasteiger charge is 2.30. The van der Waals surface area contributed by atoms with Crippen molar-refractivity contribution in [3.8, 4) is 0 Å². The second-order valence-electron chi connectivity index (χ2n) is 4.03. The molecule has 2 rings (SSSR count). The SMILES string of the molecule is O=C(NCCO)c1c(CO)n(O)c2ccccc2[n+]1=O. The van der Waals surface area contributed by atoms with E-state index in [9.17, 15) is 20.0 Å². The molecule has 0 saturated carbocycles. The van der Waals surface area contributed by atoms with Crippen molar-refractivity contribution < 1.29 is 24.6 Å². The fourth-order valence-electron chi connectivity index (χ4n) is 1.92. The summed E-state index contributed by atoms with van der Waals surface area (Å²) in [5.41, 5.74) is -0.386. The molecule has 4 N–H and O–H groups in total. The molecule has 1 aromatic carbocycles. The van der Waals surface area contributed by atoms with Crippen LogP contribution in [-0.4, -0.2) is 39.2 Å². The van der Waals surface area contributed by atoms with E-state index in [2.05, 4.69) is 5.32 Å². The Balaban J connectivity index is 2.73. The predicted molar refractivity (Wildman–Crippen MR) is 67.8 cm³/mol. The Kier molecular flexibility index (Phi) is 3.97. The summed E-state index contributed by atoms with van der Waals surface area (Å²) in [6.45, 7) is -1.01. The zero-order valence-electron chi connectivity index (χ0n) is 10.5. The minimum Gasteiger partial charge on any atom is -0.428 e. The van der Waals surface area contributed by atoms with Gasteiger partial charge in [0.15, 0.2) is 11.2 Å². The maximum absolute atomic E-state index is 12.2. The molecule has 0 unspecified atom stereocenters. The lowest BCUT2D eigenvalue weighted by Gasteiger charge is -2.07. The van der Waals surface area contributed by atoms with Gasteiger partial charge in [-0.05, 0) is 6.07 Å². The van der Waals surface area contributed by atoms with Crippen LogP contribution in [-0.2, 0) is 6.61 Å². The van der Waals surface area contributed by atoms with Crippen LogP contribution in [0, 0.1) is 4.91 Å². The van der Waals surface area contributed by atoms with Gasteiger partial charge in [0.05, 0.1) is 17.6 Å². The molecular weight excluding hydrogens is 266 g/mol. The number of hydrogen-bond donors (Lipinski definition) is 4. The van der Waals surface area contributed by atoms with Gasteiger partial charge in [0.25, 0.3) is 5.52 Å². The number of carbonyl (C=O) groups is 1. The third-order valence-electron chi connectivity index (χ3n) is 2.82. The van der Waals surface area contributed by atoms with Gasteiger partial charge in [-0.25, -0.2) is 0 Å². The third-order valence-corrected chi connectivity index (χ3v) is 2.82. The molecule has 1 amide bonds. The molecule has 0 bridgehead atoms. The predicted octanol–water partition coefficient (Wildman–Crippen LogP) is -0.993. The van der Waals surface area contributed by atoms with E-state index in [0.717, 1.165) is 0 Å². The number of amides is 1. The minimum absolute atomic E-state index is 0.0397. The number of aromatic nitrogens is 2. The van der Waals surface area contributed by atoms with Crippen LogP contribution in [0.4, 0.5) is 0 Å². The first-order valence-electron chi connectivity index (χ1n) is 5.90. The van der Waals surface area contributed by atoms with Crippen LogP contribution in [0.15, 0.2) is 24.3 Å². The van der Waals surface area contributed by atoms with Crippen LogP contribution in [0.1, 0.15) is 16.2 Å². The molecule has 0 aliphatic carbocycles. The van der Waals surface area contributed by atoms with Gasteiger partial charge in [0.1, 0.15) is 0 Å². The molecule has 0 aliphatic heterocycles. The molecule has 0 atom stereocenters. The Morgan fingerprint density at radius 3 is 2.65 bits per heavy atom. The maximum Gasteiger partial charge on any atom is 0.352 e. The van der Waals surface area contributed by atoms with Crippen LogP contribution < -0.4 is 9.74 Å². The van der Waals surface area contributed by atoms with Crippen molar-refractivity contribution in [1.82, 2.24) is 10.0 Å². The van der Waals surface area contributed by atoms with Gasteiger partial charge in [0.2, 0.25) is 0 Å². The lowest BCUT2D eigenvalue weighted by molar-refractivity contribution is -0.469. The number of para-hydroxylation sites is 2. The van der Waals surface area contributed by atoms with E-state index in [0.29, 0.717) is 9.16 Å². The molecule has 1 aromatic heterocycles. The number of aliphatic hydroxyl groups excluding tert-OH is 2. The van der Waals surface area contributed by atoms with E-state index in [-0.39, 0.29) is 29.9 Å². The fraction of sp³-hybridized carbons (Fsp3) is 0.250. The van der Waals surface area contributed by atoms with Gasteiger partial charge in [-0.3, -0.25) is 4.79 Å². The number of carbonyl (C=O) groups excluding carboxylic acids is 1. The summed E-state index contributed by atoms with van der Waals surface area (Å²) in [5.74, 6) is -0.786. The highest BCUT2D eigenvalue weighted by molar-refractivity contribution is 5.93. The van der Waals surface area contributed by atoms with Crippen LogP contribution in [0.3, 0.4) is 0 Å². The number of nitrogens with one attached hydrogen (secondary N) is 1. The average Bonchev–Trinajstić information content (AvgIpc) is 2.48. The molecule has 106 valence electrons. The number of nitrogens with zero attached hydrogens (tertiary/aromatic N) is 2. The minimum atomic E-state index is -0.786. The van der Waals surface area contributed by atoms with E-state index in [1.807, 2.05) is 0 Å². The summed E-state index contributed by atoms with van der Waals surface area (Å²) in [6, 6.07) is 6.13. The molecule has 20 heavy (non-hydrogen) atoms. The smallest absolute Gasteiger partial charge is 0.352 e. The number of benzene rings is 1. The standard InChI is InChI=1S/C12H13N3O5/c16-6-5-13-12(18)11-10(7-17)14(19)8-3-1-2-4-9(8)15(11)20/h1-4,16-17,19H,5-7H2/p+1. The van der Waals surface area contributed by atoms with Crippen molar-refractivity contribution in [2.75, 3.05) is 13.2 Å². The molecule has 8 nitrogen and oxygen atoms in total. The van der Waals surface area contributed by atoms with Crippen molar-refractivity contribution in [3.63, 3.8) is 0 Å². The Morgan fingerprint density at radius 1 is 1.30 bits per heavy atom. The Morgan fingerprint density at radius 2 is 2.00 bits per heavy atom. The Bertz CT molecular complexity index is 710. The summed E-state index contributed by atoms with van der Waals surface area (Å²) in [4.78, 5) is 24.1. The topological polar surface area (TPSA) is 118 Å². The van der Waals surface area contributed by atoms with Crippen LogP contribution >= 0.6 is 0 Å². The van der Waals surface area contributed by atoms with Crippen LogP contribution in [0.2, 0.25) is 0 Å². The first-order valence-corrected chi connectivity index (χ1v) is 5.90. The first-order chi connectivity index (χ1) is 9.61. The van der Waals surface area contributed by atoms with Crippen molar-refractivity contribution in [2.45, 2.75) is 6.61 Å². The number of fused-ring (bicyclic) bond motifs is 1. The van der Waals surface area contributed by atoms with E-state index < -0.39 is 18.2 Å². The highest BCUT2D eigenvalue weighted by Crippen LogP contribution is 2.13. The molecule has 2 aromatic rings. The molecule has 8 heteroatoms. The zero-order chi connectivity index (χ0) is 14.7. The Labute approximate surface area is 113 Å². The van der Waals surface area contributed by atoms with Crippen molar-refractivity contribution in [2.24, 2.45) is 0 Å². The average molecular weight is 280 g/mol. The van der Waals surface area contributed by atoms with Gasteiger partial charge >= 0.3 is 11.6 Å². The van der Waals surface area contributed by atoms with E-state index in [1.54, 1.807) is 12.1 Å². The Hall–Kier alpha value is -2.45. The maximum atomic E-state index is 12.2. The molecule has 0 spiro atoms. The number of aliphatic hydroxyl groups is 2.